The molecule has 1 rings (SSSR count). The maximum Gasteiger partial charge on any atom is 0.157 e. The molecule has 0 bridgehead atoms. The van der Waals surface area contributed by atoms with Gasteiger partial charge in [-0.1, -0.05) is 15.9 Å². The van der Waals surface area contributed by atoms with Crippen LogP contribution < -0.4 is 0 Å². The Labute approximate surface area is 86.7 Å². The molecule has 1 unspecified atom stereocenters. The number of alkyl halides is 1. The third-order valence-electron chi connectivity index (χ3n) is 1.94. The van der Waals surface area contributed by atoms with E-state index in [1.807, 2.05) is 20.0 Å². The fourth-order valence-electron chi connectivity index (χ4n) is 0.929. The van der Waals surface area contributed by atoms with Gasteiger partial charge in [0.1, 0.15) is 6.10 Å². The highest BCUT2D eigenvalue weighted by molar-refractivity contribution is 9.08. The topological polar surface area (TPSA) is 35.0 Å². The smallest absolute Gasteiger partial charge is 0.157 e. The molecule has 1 atom stereocenters. The van der Waals surface area contributed by atoms with Crippen molar-refractivity contribution in [2.45, 2.75) is 25.3 Å². The van der Waals surface area contributed by atoms with Crippen molar-refractivity contribution < 1.29 is 4.74 Å². The Morgan fingerprint density at radius 2 is 2.31 bits per heavy atom. The van der Waals surface area contributed by atoms with Gasteiger partial charge in [-0.3, -0.25) is 0 Å². The van der Waals surface area contributed by atoms with Crippen LogP contribution in [0.5, 0.6) is 0 Å². The molecular weight excluding hydrogens is 232 g/mol. The summed E-state index contributed by atoms with van der Waals surface area (Å²) < 4.78 is 5.14. The second-order valence-electron chi connectivity index (χ2n) is 2.87. The average Bonchev–Trinajstić information content (AvgIpc) is 2.17. The molecule has 0 saturated heterocycles. The zero-order valence-corrected chi connectivity index (χ0v) is 9.63. The fourth-order valence-corrected chi connectivity index (χ4v) is 1.50. The summed E-state index contributed by atoms with van der Waals surface area (Å²) in [6, 6.07) is 0. The van der Waals surface area contributed by atoms with Crippen LogP contribution in [0.2, 0.25) is 0 Å². The molecule has 0 aliphatic heterocycles. The molecule has 1 heterocycles. The van der Waals surface area contributed by atoms with Gasteiger partial charge in [-0.05, 0) is 19.4 Å². The normalized spacial score (nSPS) is 12.9. The van der Waals surface area contributed by atoms with E-state index in [1.165, 1.54) is 0 Å². The van der Waals surface area contributed by atoms with E-state index in [2.05, 4.69) is 25.9 Å². The average molecular weight is 245 g/mol. The van der Waals surface area contributed by atoms with Gasteiger partial charge in [-0.25, -0.2) is 9.97 Å². The van der Waals surface area contributed by atoms with Gasteiger partial charge in [-0.15, -0.1) is 0 Å². The predicted octanol–water partition coefficient (Wildman–Crippen LogP) is 2.39. The summed E-state index contributed by atoms with van der Waals surface area (Å²) >= 11 is 3.38. The Morgan fingerprint density at radius 3 is 2.85 bits per heavy atom. The van der Waals surface area contributed by atoms with Gasteiger partial charge in [0.2, 0.25) is 0 Å². The van der Waals surface area contributed by atoms with Crippen LogP contribution in [0.4, 0.5) is 0 Å². The molecule has 0 aromatic carbocycles. The van der Waals surface area contributed by atoms with Crippen LogP contribution in [0.3, 0.4) is 0 Å². The van der Waals surface area contributed by atoms with Gasteiger partial charge < -0.3 is 4.74 Å². The molecule has 1 aromatic heterocycles. The van der Waals surface area contributed by atoms with Crippen LogP contribution >= 0.6 is 15.9 Å². The maximum absolute atomic E-state index is 5.14. The molecule has 1 aromatic rings. The zero-order valence-electron chi connectivity index (χ0n) is 8.04. The van der Waals surface area contributed by atoms with E-state index in [0.29, 0.717) is 0 Å². The summed E-state index contributed by atoms with van der Waals surface area (Å²) in [6.07, 6.45) is 1.78. The van der Waals surface area contributed by atoms with Crippen LogP contribution in [0.15, 0.2) is 6.20 Å². The molecule has 4 heteroatoms. The monoisotopic (exact) mass is 244 g/mol. The Balaban J connectivity index is 2.99. The first-order valence-corrected chi connectivity index (χ1v) is 5.22. The minimum atomic E-state index is -0.0431. The number of aryl methyl sites for hydroxylation is 1. The second-order valence-corrected chi connectivity index (χ2v) is 3.43. The minimum Gasteiger partial charge on any atom is -0.374 e. The number of methoxy groups -OCH3 is 1. The summed E-state index contributed by atoms with van der Waals surface area (Å²) in [5, 5.41) is 0.755. The van der Waals surface area contributed by atoms with Crippen LogP contribution in [-0.2, 0) is 10.1 Å². The molecule has 0 saturated carbocycles. The minimum absolute atomic E-state index is 0.0431. The molecule has 0 amide bonds. The van der Waals surface area contributed by atoms with E-state index in [0.717, 1.165) is 22.4 Å². The quantitative estimate of drug-likeness (QED) is 0.767. The zero-order chi connectivity index (χ0) is 9.84. The van der Waals surface area contributed by atoms with Gasteiger partial charge in [-0.2, -0.15) is 0 Å². The molecule has 0 aliphatic rings. The Hall–Kier alpha value is -0.480. The van der Waals surface area contributed by atoms with E-state index in [-0.39, 0.29) is 6.10 Å². The largest absolute Gasteiger partial charge is 0.374 e. The van der Waals surface area contributed by atoms with Crippen LogP contribution in [0, 0.1) is 6.92 Å². The number of nitrogens with zero attached hydrogens (tertiary/aromatic N) is 2. The number of rotatable bonds is 3. The predicted molar refractivity (Wildman–Crippen MR) is 54.8 cm³/mol. The van der Waals surface area contributed by atoms with Crippen molar-refractivity contribution >= 4 is 15.9 Å². The lowest BCUT2D eigenvalue weighted by atomic mass is 10.2. The first-order valence-electron chi connectivity index (χ1n) is 4.10. The molecule has 0 spiro atoms. The number of halogens is 1. The maximum atomic E-state index is 5.14. The van der Waals surface area contributed by atoms with E-state index in [1.54, 1.807) is 7.11 Å². The van der Waals surface area contributed by atoms with E-state index in [4.69, 9.17) is 4.74 Å². The van der Waals surface area contributed by atoms with Crippen LogP contribution in [-0.4, -0.2) is 17.1 Å². The summed E-state index contributed by atoms with van der Waals surface area (Å²) in [6.45, 7) is 3.93. The third kappa shape index (κ3) is 2.48. The SMILES string of the molecule is COC(C)c1ncc(C)c(CBr)n1. The number of hydrogen-bond acceptors (Lipinski definition) is 3. The number of ether oxygens (including phenoxy) is 1. The van der Waals surface area contributed by atoms with E-state index in [9.17, 15) is 0 Å². The molecule has 3 nitrogen and oxygen atoms in total. The molecular formula is C9H13BrN2O. The van der Waals surface area contributed by atoms with Crippen molar-refractivity contribution in [2.75, 3.05) is 7.11 Å². The van der Waals surface area contributed by atoms with Crippen LogP contribution in [0.1, 0.15) is 30.1 Å². The number of hydrogen-bond donors (Lipinski definition) is 0. The van der Waals surface area contributed by atoms with Crippen molar-refractivity contribution in [1.82, 2.24) is 9.97 Å². The molecule has 13 heavy (non-hydrogen) atoms. The summed E-state index contributed by atoms with van der Waals surface area (Å²) in [5.41, 5.74) is 2.12. The lowest BCUT2D eigenvalue weighted by Crippen LogP contribution is -2.05. The lowest BCUT2D eigenvalue weighted by Gasteiger charge is -2.09. The standard InChI is InChI=1S/C9H13BrN2O/c1-6-5-11-9(7(2)13-3)12-8(6)4-10/h5,7H,4H2,1-3H3. The van der Waals surface area contributed by atoms with E-state index >= 15 is 0 Å². The summed E-state index contributed by atoms with van der Waals surface area (Å²) in [4.78, 5) is 8.58. The summed E-state index contributed by atoms with van der Waals surface area (Å²) in [7, 11) is 1.65. The lowest BCUT2D eigenvalue weighted by molar-refractivity contribution is 0.112. The van der Waals surface area contributed by atoms with Gasteiger partial charge >= 0.3 is 0 Å². The Morgan fingerprint density at radius 1 is 1.62 bits per heavy atom. The van der Waals surface area contributed by atoms with Crippen molar-refractivity contribution in [3.8, 4) is 0 Å². The van der Waals surface area contributed by atoms with Crippen molar-refractivity contribution in [3.63, 3.8) is 0 Å². The fraction of sp³-hybridized carbons (Fsp3) is 0.556. The first kappa shape index (κ1) is 10.6. The van der Waals surface area contributed by atoms with Crippen LogP contribution in [0.25, 0.3) is 0 Å². The Bertz CT molecular complexity index is 291. The molecule has 0 N–H and O–H groups in total. The Kier molecular flexibility index (Phi) is 3.81. The molecule has 72 valence electrons. The molecule has 0 aliphatic carbocycles. The summed E-state index contributed by atoms with van der Waals surface area (Å²) in [5.74, 6) is 0.738. The third-order valence-corrected chi connectivity index (χ3v) is 2.47. The molecule has 0 radical (unpaired) electrons. The van der Waals surface area contributed by atoms with Crippen molar-refractivity contribution in [2.24, 2.45) is 0 Å². The highest BCUT2D eigenvalue weighted by Gasteiger charge is 2.08. The van der Waals surface area contributed by atoms with Crippen molar-refractivity contribution in [3.05, 3.63) is 23.3 Å². The highest BCUT2D eigenvalue weighted by atomic mass is 79.9. The van der Waals surface area contributed by atoms with Gasteiger partial charge in [0.25, 0.3) is 0 Å². The molecule has 0 fully saturated rings. The first-order chi connectivity index (χ1) is 6.19. The van der Waals surface area contributed by atoms with Gasteiger partial charge in [0.05, 0.1) is 5.69 Å². The highest BCUT2D eigenvalue weighted by Crippen LogP contribution is 2.14. The van der Waals surface area contributed by atoms with Crippen molar-refractivity contribution in [1.29, 1.82) is 0 Å². The van der Waals surface area contributed by atoms with Gasteiger partial charge in [0, 0.05) is 18.6 Å². The van der Waals surface area contributed by atoms with Gasteiger partial charge in [0.15, 0.2) is 5.82 Å². The van der Waals surface area contributed by atoms with E-state index < -0.39 is 0 Å². The second kappa shape index (κ2) is 4.67. The number of aromatic nitrogens is 2.